The molecule has 0 bridgehead atoms. The van der Waals surface area contributed by atoms with Gasteiger partial charge in [0.2, 0.25) is 0 Å². The maximum Gasteiger partial charge on any atom is 0.418 e. The Balaban J connectivity index is 3.18. The summed E-state index contributed by atoms with van der Waals surface area (Å²) >= 11 is 3.02. The predicted molar refractivity (Wildman–Crippen MR) is 73.8 cm³/mol. The Kier molecular flexibility index (Phi) is 5.44. The summed E-state index contributed by atoms with van der Waals surface area (Å²) in [5, 5.41) is 8.89. The molecule has 0 aromatic heterocycles. The third kappa shape index (κ3) is 4.13. The summed E-state index contributed by atoms with van der Waals surface area (Å²) in [5.41, 5.74) is -0.775. The second kappa shape index (κ2) is 6.47. The summed E-state index contributed by atoms with van der Waals surface area (Å²) in [6.07, 6.45) is -4.49. The first-order valence-electron chi connectivity index (χ1n) is 6.01. The van der Waals surface area contributed by atoms with Crippen molar-refractivity contribution in [2.75, 3.05) is 18.0 Å². The van der Waals surface area contributed by atoms with Crippen LogP contribution in [0.25, 0.3) is 0 Å². The van der Waals surface area contributed by atoms with E-state index in [0.717, 1.165) is 6.07 Å². The van der Waals surface area contributed by atoms with Gasteiger partial charge in [0.1, 0.15) is 0 Å². The lowest BCUT2D eigenvalue weighted by molar-refractivity contribution is -0.140. The van der Waals surface area contributed by atoms with Crippen LogP contribution in [-0.2, 0) is 11.0 Å². The fourth-order valence-electron chi connectivity index (χ4n) is 1.82. The number of hydrogen-bond donors (Lipinski definition) is 1. The zero-order chi connectivity index (χ0) is 15.5. The van der Waals surface area contributed by atoms with Crippen LogP contribution in [0.1, 0.15) is 19.4 Å². The van der Waals surface area contributed by atoms with Crippen molar-refractivity contribution < 1.29 is 23.1 Å². The number of carbonyl (C=O) groups is 1. The number of hydrogen-bond acceptors (Lipinski definition) is 2. The lowest BCUT2D eigenvalue weighted by atomic mass is 10.1. The quantitative estimate of drug-likeness (QED) is 0.869. The molecular formula is C13H15BrF3NO2. The number of benzene rings is 1. The van der Waals surface area contributed by atoms with Gasteiger partial charge < -0.3 is 10.0 Å². The summed E-state index contributed by atoms with van der Waals surface area (Å²) < 4.78 is 39.5. The molecule has 1 unspecified atom stereocenters. The number of anilines is 1. The third-order valence-electron chi connectivity index (χ3n) is 2.90. The van der Waals surface area contributed by atoms with E-state index in [9.17, 15) is 18.0 Å². The molecule has 1 N–H and O–H groups in total. The van der Waals surface area contributed by atoms with Crippen molar-refractivity contribution >= 4 is 27.6 Å². The van der Waals surface area contributed by atoms with E-state index in [4.69, 9.17) is 5.11 Å². The molecule has 0 spiro atoms. The Hall–Kier alpha value is -1.24. The second-order valence-corrected chi connectivity index (χ2v) is 5.35. The minimum absolute atomic E-state index is 0.00343. The van der Waals surface area contributed by atoms with Crippen LogP contribution in [0.2, 0.25) is 0 Å². The first kappa shape index (κ1) is 16.8. The van der Waals surface area contributed by atoms with Gasteiger partial charge in [-0.25, -0.2) is 0 Å². The molecule has 0 saturated heterocycles. The summed E-state index contributed by atoms with van der Waals surface area (Å²) in [7, 11) is 0. The molecule has 7 heteroatoms. The average molecular weight is 354 g/mol. The molecule has 0 radical (unpaired) electrons. The van der Waals surface area contributed by atoms with E-state index in [2.05, 4.69) is 15.9 Å². The van der Waals surface area contributed by atoms with Crippen LogP contribution in [0, 0.1) is 5.92 Å². The van der Waals surface area contributed by atoms with Crippen LogP contribution in [-0.4, -0.2) is 24.2 Å². The Morgan fingerprint density at radius 1 is 1.45 bits per heavy atom. The molecule has 0 heterocycles. The number of carboxylic acids is 1. The van der Waals surface area contributed by atoms with Crippen LogP contribution in [0.3, 0.4) is 0 Å². The van der Waals surface area contributed by atoms with E-state index in [0.29, 0.717) is 11.0 Å². The molecule has 112 valence electrons. The highest BCUT2D eigenvalue weighted by atomic mass is 79.9. The second-order valence-electron chi connectivity index (χ2n) is 4.44. The van der Waals surface area contributed by atoms with Crippen LogP contribution in [0.5, 0.6) is 0 Å². The lowest BCUT2D eigenvalue weighted by Crippen LogP contribution is -2.33. The van der Waals surface area contributed by atoms with Gasteiger partial charge >= 0.3 is 12.1 Å². The first-order valence-corrected chi connectivity index (χ1v) is 6.80. The normalized spacial score (nSPS) is 13.1. The Labute approximate surface area is 123 Å². The van der Waals surface area contributed by atoms with Gasteiger partial charge in [-0.05, 0) is 25.1 Å². The van der Waals surface area contributed by atoms with Gasteiger partial charge in [0, 0.05) is 23.2 Å². The number of nitrogens with zero attached hydrogens (tertiary/aromatic N) is 1. The SMILES string of the molecule is CCN(CC(C)C(=O)O)c1ccc(Br)cc1C(F)(F)F. The van der Waals surface area contributed by atoms with Gasteiger partial charge in [-0.3, -0.25) is 4.79 Å². The fraction of sp³-hybridized carbons (Fsp3) is 0.462. The zero-order valence-corrected chi connectivity index (χ0v) is 12.6. The van der Waals surface area contributed by atoms with Crippen molar-refractivity contribution in [1.29, 1.82) is 0 Å². The number of halogens is 4. The summed E-state index contributed by atoms with van der Waals surface area (Å²) in [6, 6.07) is 3.87. The molecule has 0 aliphatic heterocycles. The molecule has 1 atom stereocenters. The van der Waals surface area contributed by atoms with Gasteiger partial charge in [0.05, 0.1) is 11.5 Å². The number of rotatable bonds is 5. The molecule has 1 aromatic rings. The highest BCUT2D eigenvalue weighted by molar-refractivity contribution is 9.10. The molecule has 20 heavy (non-hydrogen) atoms. The molecule has 0 amide bonds. The van der Waals surface area contributed by atoms with E-state index in [1.165, 1.54) is 24.0 Å². The highest BCUT2D eigenvalue weighted by Crippen LogP contribution is 2.38. The van der Waals surface area contributed by atoms with Gasteiger partial charge in [-0.15, -0.1) is 0 Å². The summed E-state index contributed by atoms with van der Waals surface area (Å²) in [6.45, 7) is 3.48. The largest absolute Gasteiger partial charge is 0.481 e. The topological polar surface area (TPSA) is 40.5 Å². The molecule has 1 rings (SSSR count). The van der Waals surface area contributed by atoms with E-state index < -0.39 is 23.6 Å². The van der Waals surface area contributed by atoms with E-state index >= 15 is 0 Å². The molecule has 0 aliphatic carbocycles. The molecule has 0 fully saturated rings. The van der Waals surface area contributed by atoms with Gasteiger partial charge in [-0.1, -0.05) is 22.9 Å². The molecule has 0 aliphatic rings. The van der Waals surface area contributed by atoms with Crippen LogP contribution < -0.4 is 4.90 Å². The molecule has 1 aromatic carbocycles. The Morgan fingerprint density at radius 3 is 2.50 bits per heavy atom. The number of aliphatic carboxylic acids is 1. The van der Waals surface area contributed by atoms with Gasteiger partial charge in [-0.2, -0.15) is 13.2 Å². The zero-order valence-electron chi connectivity index (χ0n) is 11.0. The minimum Gasteiger partial charge on any atom is -0.481 e. The van der Waals surface area contributed by atoms with Gasteiger partial charge in [0.25, 0.3) is 0 Å². The third-order valence-corrected chi connectivity index (χ3v) is 3.40. The van der Waals surface area contributed by atoms with E-state index in [-0.39, 0.29) is 12.2 Å². The highest BCUT2D eigenvalue weighted by Gasteiger charge is 2.35. The molecule has 0 saturated carbocycles. The van der Waals surface area contributed by atoms with Crippen molar-refractivity contribution in [1.82, 2.24) is 0 Å². The summed E-state index contributed by atoms with van der Waals surface area (Å²) in [5.74, 6) is -1.78. The fourth-order valence-corrected chi connectivity index (χ4v) is 2.18. The number of alkyl halides is 3. The van der Waals surface area contributed by atoms with Crippen LogP contribution >= 0.6 is 15.9 Å². The lowest BCUT2D eigenvalue weighted by Gasteiger charge is -2.28. The van der Waals surface area contributed by atoms with Crippen molar-refractivity contribution in [2.24, 2.45) is 5.92 Å². The van der Waals surface area contributed by atoms with Crippen LogP contribution in [0.4, 0.5) is 18.9 Å². The van der Waals surface area contributed by atoms with Crippen molar-refractivity contribution in [3.8, 4) is 0 Å². The maximum absolute atomic E-state index is 13.1. The number of carboxylic acid groups (broad SMARTS) is 1. The average Bonchev–Trinajstić information content (AvgIpc) is 2.34. The monoisotopic (exact) mass is 353 g/mol. The Morgan fingerprint density at radius 2 is 2.05 bits per heavy atom. The Bertz CT molecular complexity index is 491. The smallest absolute Gasteiger partial charge is 0.418 e. The standard InChI is InChI=1S/C13H15BrF3NO2/c1-3-18(7-8(2)12(19)20)11-5-4-9(14)6-10(11)13(15,16)17/h4-6,8H,3,7H2,1-2H3,(H,19,20). The first-order chi connectivity index (χ1) is 9.16. The maximum atomic E-state index is 13.1. The molecule has 3 nitrogen and oxygen atoms in total. The minimum atomic E-state index is -4.49. The summed E-state index contributed by atoms with van der Waals surface area (Å²) in [4.78, 5) is 12.3. The van der Waals surface area contributed by atoms with E-state index in [1.54, 1.807) is 6.92 Å². The van der Waals surface area contributed by atoms with Crippen LogP contribution in [0.15, 0.2) is 22.7 Å². The van der Waals surface area contributed by atoms with Crippen molar-refractivity contribution in [3.63, 3.8) is 0 Å². The van der Waals surface area contributed by atoms with Crippen molar-refractivity contribution in [2.45, 2.75) is 20.0 Å². The molecular weight excluding hydrogens is 339 g/mol. The van der Waals surface area contributed by atoms with Crippen molar-refractivity contribution in [3.05, 3.63) is 28.2 Å². The van der Waals surface area contributed by atoms with E-state index in [1.807, 2.05) is 0 Å². The van der Waals surface area contributed by atoms with Gasteiger partial charge in [0.15, 0.2) is 0 Å². The predicted octanol–water partition coefficient (Wildman–Crippen LogP) is 4.01.